The van der Waals surface area contributed by atoms with Crippen LogP contribution in [0.5, 0.6) is 0 Å². The summed E-state index contributed by atoms with van der Waals surface area (Å²) in [6.45, 7) is 0. The Hall–Kier alpha value is -2.65. The summed E-state index contributed by atoms with van der Waals surface area (Å²) < 4.78 is 2.41. The molecule has 0 saturated heterocycles. The van der Waals surface area contributed by atoms with Gasteiger partial charge in [0.25, 0.3) is 0 Å². The highest BCUT2D eigenvalue weighted by Crippen LogP contribution is 2.25. The zero-order valence-corrected chi connectivity index (χ0v) is 12.2. The Balaban J connectivity index is 2.37. The number of carbonyl (C=O) groups is 1. The lowest BCUT2D eigenvalue weighted by Crippen LogP contribution is -2.03. The summed E-state index contributed by atoms with van der Waals surface area (Å²) >= 11 is 3.32. The van der Waals surface area contributed by atoms with Crippen molar-refractivity contribution in [3.63, 3.8) is 0 Å². The molecule has 102 valence electrons. The van der Waals surface area contributed by atoms with Gasteiger partial charge in [-0.05, 0) is 30.3 Å². The maximum absolute atomic E-state index is 11.4. The number of fused-ring (bicyclic) bond motifs is 1. The highest BCUT2D eigenvalue weighted by atomic mass is 79.9. The second-order valence-electron chi connectivity index (χ2n) is 4.37. The van der Waals surface area contributed by atoms with Crippen molar-refractivity contribution in [3.05, 3.63) is 58.3 Å². The van der Waals surface area contributed by atoms with Gasteiger partial charge in [-0.15, -0.1) is 0 Å². The van der Waals surface area contributed by atoms with Gasteiger partial charge in [0.05, 0.1) is 27.8 Å². The lowest BCUT2D eigenvalue weighted by molar-refractivity contribution is 0.0698. The fourth-order valence-corrected chi connectivity index (χ4v) is 2.59. The zero-order valence-electron chi connectivity index (χ0n) is 10.6. The van der Waals surface area contributed by atoms with Gasteiger partial charge in [0.2, 0.25) is 0 Å². The van der Waals surface area contributed by atoms with Gasteiger partial charge in [-0.1, -0.05) is 22.0 Å². The van der Waals surface area contributed by atoms with Gasteiger partial charge >= 0.3 is 5.97 Å². The molecule has 0 aliphatic heterocycles. The van der Waals surface area contributed by atoms with E-state index in [0.29, 0.717) is 22.3 Å². The third kappa shape index (κ3) is 2.18. The number of nitrogens with zero attached hydrogens (tertiary/aromatic N) is 3. The summed E-state index contributed by atoms with van der Waals surface area (Å²) in [5, 5.41) is 18.6. The summed E-state index contributed by atoms with van der Waals surface area (Å²) in [5.41, 5.74) is 2.23. The molecule has 21 heavy (non-hydrogen) atoms. The average molecular weight is 342 g/mol. The van der Waals surface area contributed by atoms with E-state index in [0.717, 1.165) is 4.47 Å². The Bertz CT molecular complexity index is 909. The molecule has 0 bridgehead atoms. The van der Waals surface area contributed by atoms with Gasteiger partial charge in [-0.2, -0.15) is 5.26 Å². The number of carboxylic acids is 1. The predicted octanol–water partition coefficient (Wildman–Crippen LogP) is 3.36. The molecule has 3 aromatic rings. The number of aromatic carboxylic acids is 1. The van der Waals surface area contributed by atoms with E-state index in [4.69, 9.17) is 0 Å². The SMILES string of the molecule is N#Cc1cc(Br)ccc1-n1cnc2cccc(C(=O)O)c21. The van der Waals surface area contributed by atoms with E-state index >= 15 is 0 Å². The third-order valence-corrected chi connectivity index (χ3v) is 3.63. The number of rotatable bonds is 2. The molecule has 3 rings (SSSR count). The van der Waals surface area contributed by atoms with Crippen LogP contribution in [0.1, 0.15) is 15.9 Å². The first-order valence-corrected chi connectivity index (χ1v) is 6.80. The number of imidazole rings is 1. The van der Waals surface area contributed by atoms with Crippen molar-refractivity contribution in [3.8, 4) is 11.8 Å². The highest BCUT2D eigenvalue weighted by Gasteiger charge is 2.16. The lowest BCUT2D eigenvalue weighted by atomic mass is 10.1. The van der Waals surface area contributed by atoms with E-state index in [1.54, 1.807) is 34.9 Å². The van der Waals surface area contributed by atoms with Gasteiger partial charge < -0.3 is 5.11 Å². The molecular formula is C15H8BrN3O2. The van der Waals surface area contributed by atoms with Gasteiger partial charge in [0.15, 0.2) is 0 Å². The Morgan fingerprint density at radius 1 is 1.33 bits per heavy atom. The molecule has 0 aliphatic carbocycles. The Morgan fingerprint density at radius 2 is 2.14 bits per heavy atom. The maximum Gasteiger partial charge on any atom is 0.337 e. The number of hydrogen-bond donors (Lipinski definition) is 1. The normalized spacial score (nSPS) is 10.5. The molecule has 0 spiro atoms. The van der Waals surface area contributed by atoms with E-state index in [9.17, 15) is 15.2 Å². The van der Waals surface area contributed by atoms with Gasteiger partial charge in [-0.25, -0.2) is 9.78 Å². The van der Waals surface area contributed by atoms with Gasteiger partial charge in [0, 0.05) is 4.47 Å². The van der Waals surface area contributed by atoms with E-state index in [2.05, 4.69) is 27.0 Å². The van der Waals surface area contributed by atoms with Crippen LogP contribution >= 0.6 is 15.9 Å². The summed E-state index contributed by atoms with van der Waals surface area (Å²) in [6.07, 6.45) is 1.53. The van der Waals surface area contributed by atoms with Crippen LogP contribution in [-0.4, -0.2) is 20.6 Å². The highest BCUT2D eigenvalue weighted by molar-refractivity contribution is 9.10. The number of aromatic nitrogens is 2. The minimum absolute atomic E-state index is 0.150. The molecule has 0 unspecified atom stereocenters. The first kappa shape index (κ1) is 13.3. The van der Waals surface area contributed by atoms with Crippen molar-refractivity contribution < 1.29 is 9.90 Å². The summed E-state index contributed by atoms with van der Waals surface area (Å²) in [6, 6.07) is 12.3. The molecule has 0 saturated carbocycles. The topological polar surface area (TPSA) is 78.9 Å². The van der Waals surface area contributed by atoms with E-state index in [1.165, 1.54) is 12.4 Å². The predicted molar refractivity (Wildman–Crippen MR) is 80.4 cm³/mol. The number of nitriles is 1. The zero-order chi connectivity index (χ0) is 15.0. The average Bonchev–Trinajstić information content (AvgIpc) is 2.90. The number of carboxylic acid groups (broad SMARTS) is 1. The maximum atomic E-state index is 11.4. The van der Waals surface area contributed by atoms with Crippen LogP contribution in [0.25, 0.3) is 16.7 Å². The number of halogens is 1. The molecule has 0 amide bonds. The Labute approximate surface area is 128 Å². The van der Waals surface area contributed by atoms with Crippen LogP contribution in [0.15, 0.2) is 47.2 Å². The summed E-state index contributed by atoms with van der Waals surface area (Å²) in [5.74, 6) is -1.03. The van der Waals surface area contributed by atoms with E-state index in [-0.39, 0.29) is 5.56 Å². The van der Waals surface area contributed by atoms with E-state index < -0.39 is 5.97 Å². The van der Waals surface area contributed by atoms with Crippen LogP contribution in [0.2, 0.25) is 0 Å². The third-order valence-electron chi connectivity index (χ3n) is 3.14. The molecule has 0 atom stereocenters. The molecule has 6 heteroatoms. The smallest absolute Gasteiger partial charge is 0.337 e. The largest absolute Gasteiger partial charge is 0.478 e. The van der Waals surface area contributed by atoms with Crippen LogP contribution in [0, 0.1) is 11.3 Å². The minimum Gasteiger partial charge on any atom is -0.478 e. The molecule has 0 radical (unpaired) electrons. The van der Waals surface area contributed by atoms with Gasteiger partial charge in [0.1, 0.15) is 12.4 Å². The fraction of sp³-hybridized carbons (Fsp3) is 0. The van der Waals surface area contributed by atoms with Crippen LogP contribution in [-0.2, 0) is 0 Å². The molecule has 2 aromatic carbocycles. The van der Waals surface area contributed by atoms with Crippen molar-refractivity contribution in [2.45, 2.75) is 0 Å². The van der Waals surface area contributed by atoms with Crippen molar-refractivity contribution in [1.82, 2.24) is 9.55 Å². The second-order valence-corrected chi connectivity index (χ2v) is 5.28. The van der Waals surface area contributed by atoms with Crippen molar-refractivity contribution in [2.24, 2.45) is 0 Å². The van der Waals surface area contributed by atoms with Crippen LogP contribution in [0.4, 0.5) is 0 Å². The van der Waals surface area contributed by atoms with Crippen molar-refractivity contribution in [1.29, 1.82) is 5.26 Å². The quantitative estimate of drug-likeness (QED) is 0.775. The first-order valence-electron chi connectivity index (χ1n) is 6.01. The molecule has 5 nitrogen and oxygen atoms in total. The molecule has 1 heterocycles. The van der Waals surface area contributed by atoms with E-state index in [1.807, 2.05) is 0 Å². The van der Waals surface area contributed by atoms with Crippen LogP contribution in [0.3, 0.4) is 0 Å². The number of para-hydroxylation sites is 1. The Kier molecular flexibility index (Phi) is 3.20. The summed E-state index contributed by atoms with van der Waals surface area (Å²) in [7, 11) is 0. The molecule has 1 N–H and O–H groups in total. The standard InChI is InChI=1S/C15H8BrN3O2/c16-10-4-5-13(9(6-10)7-17)19-8-18-12-3-1-2-11(14(12)19)15(20)21/h1-6,8H,(H,20,21). The van der Waals surface area contributed by atoms with Crippen molar-refractivity contribution in [2.75, 3.05) is 0 Å². The summed E-state index contributed by atoms with van der Waals surface area (Å²) in [4.78, 5) is 15.6. The first-order chi connectivity index (χ1) is 10.1. The fourth-order valence-electron chi connectivity index (χ4n) is 2.23. The monoisotopic (exact) mass is 341 g/mol. The lowest BCUT2D eigenvalue weighted by Gasteiger charge is -2.08. The molecule has 0 fully saturated rings. The number of hydrogen-bond acceptors (Lipinski definition) is 3. The number of benzene rings is 2. The minimum atomic E-state index is -1.03. The van der Waals surface area contributed by atoms with Crippen LogP contribution < -0.4 is 0 Å². The van der Waals surface area contributed by atoms with Gasteiger partial charge in [-0.3, -0.25) is 4.57 Å². The molecule has 1 aromatic heterocycles. The Morgan fingerprint density at radius 3 is 2.86 bits per heavy atom. The molecular weight excluding hydrogens is 334 g/mol. The van der Waals surface area contributed by atoms with Crippen molar-refractivity contribution >= 4 is 32.9 Å². The second kappa shape index (κ2) is 5.04. The molecule has 0 aliphatic rings.